The molecule has 1 amide bonds. The van der Waals surface area contributed by atoms with Crippen molar-refractivity contribution >= 4 is 5.91 Å². The summed E-state index contributed by atoms with van der Waals surface area (Å²) >= 11 is 0. The molecule has 0 radical (unpaired) electrons. The predicted molar refractivity (Wildman–Crippen MR) is 232 cm³/mol. The zero-order chi connectivity index (χ0) is 38.6. The molecule has 0 aromatic heterocycles. The molecule has 0 saturated carbocycles. The second-order valence-electron chi connectivity index (χ2n) is 16.6. The van der Waals surface area contributed by atoms with E-state index >= 15 is 0 Å². The van der Waals surface area contributed by atoms with Crippen LogP contribution in [0.5, 0.6) is 0 Å². The zero-order valence-electron chi connectivity index (χ0n) is 35.8. The van der Waals surface area contributed by atoms with Crippen LogP contribution < -0.4 is 5.32 Å². The van der Waals surface area contributed by atoms with E-state index in [1.165, 1.54) is 218 Å². The lowest BCUT2D eigenvalue weighted by atomic mass is 10.0. The molecule has 0 aliphatic rings. The molecule has 4 N–H and O–H groups in total. The maximum Gasteiger partial charge on any atom is 0.220 e. The van der Waals surface area contributed by atoms with Gasteiger partial charge in [0.25, 0.3) is 0 Å². The first-order valence-corrected chi connectivity index (χ1v) is 24.0. The Hall–Kier alpha value is -0.910. The Balaban J connectivity index is 3.41. The first kappa shape index (κ1) is 52.1. The lowest BCUT2D eigenvalue weighted by molar-refractivity contribution is -0.123. The molecule has 0 aromatic rings. The second kappa shape index (κ2) is 45.5. The van der Waals surface area contributed by atoms with Crippen LogP contribution in [0.25, 0.3) is 0 Å². The van der Waals surface area contributed by atoms with Gasteiger partial charge in [-0.2, -0.15) is 0 Å². The van der Waals surface area contributed by atoms with Gasteiger partial charge in [-0.05, 0) is 25.7 Å². The van der Waals surface area contributed by atoms with Crippen LogP contribution in [0.3, 0.4) is 0 Å². The van der Waals surface area contributed by atoms with E-state index in [-0.39, 0.29) is 12.5 Å². The van der Waals surface area contributed by atoms with E-state index in [9.17, 15) is 15.0 Å². The third-order valence-corrected chi connectivity index (χ3v) is 11.3. The minimum absolute atomic E-state index is 0.0630. The number of allylic oxidation sites excluding steroid dienone is 1. The van der Waals surface area contributed by atoms with Crippen molar-refractivity contribution in [2.24, 2.45) is 0 Å². The molecule has 0 bridgehead atoms. The van der Waals surface area contributed by atoms with Gasteiger partial charge in [0, 0.05) is 13.0 Å². The lowest BCUT2D eigenvalue weighted by Gasteiger charge is -2.20. The van der Waals surface area contributed by atoms with Gasteiger partial charge in [0.1, 0.15) is 0 Å². The van der Waals surface area contributed by atoms with Gasteiger partial charge in [-0.25, -0.2) is 0 Å². The molecule has 0 heterocycles. The van der Waals surface area contributed by atoms with Gasteiger partial charge in [-0.1, -0.05) is 244 Å². The Kier molecular flexibility index (Phi) is 44.7. The van der Waals surface area contributed by atoms with Gasteiger partial charge in [0.05, 0.1) is 18.8 Å². The molecule has 0 spiro atoms. The number of amides is 1. The Labute approximate surface area is 331 Å². The van der Waals surface area contributed by atoms with Crippen LogP contribution in [0.2, 0.25) is 0 Å². The van der Waals surface area contributed by atoms with Crippen LogP contribution in [0.1, 0.15) is 264 Å². The molecule has 0 fully saturated rings. The van der Waals surface area contributed by atoms with Gasteiger partial charge in [-0.3, -0.25) is 4.79 Å². The average Bonchev–Trinajstić information content (AvgIpc) is 3.16. The molecule has 316 valence electrons. The number of hydrogen-bond acceptors (Lipinski definition) is 4. The molecule has 0 aliphatic heterocycles. The molecule has 0 aliphatic carbocycles. The first-order valence-electron chi connectivity index (χ1n) is 24.0. The third kappa shape index (κ3) is 42.1. The number of aliphatic hydroxyl groups excluding tert-OH is 3. The van der Waals surface area contributed by atoms with Crippen molar-refractivity contribution in [1.82, 2.24) is 5.32 Å². The molecular weight excluding hydrogens is 655 g/mol. The Morgan fingerprint density at radius 2 is 0.755 bits per heavy atom. The largest absolute Gasteiger partial charge is 0.396 e. The maximum absolute atomic E-state index is 12.4. The standard InChI is InChI=1S/C48H95NO4/c1-2-3-4-5-6-7-8-27-30-33-36-39-42-47(52)46(45-51)49-48(53)43-40-37-34-31-28-25-23-21-19-17-15-13-11-9-10-12-14-16-18-20-22-24-26-29-32-35-38-41-44-50/h39,42,46-47,50-52H,2-38,40-41,43-45H2,1H3,(H,49,53). The molecule has 0 aromatic carbocycles. The minimum Gasteiger partial charge on any atom is -0.396 e. The summed E-state index contributed by atoms with van der Waals surface area (Å²) in [5.74, 6) is -0.0630. The number of carbonyl (C=O) groups excluding carboxylic acids is 1. The highest BCUT2D eigenvalue weighted by atomic mass is 16.3. The van der Waals surface area contributed by atoms with E-state index in [1.54, 1.807) is 6.08 Å². The summed E-state index contributed by atoms with van der Waals surface area (Å²) < 4.78 is 0. The van der Waals surface area contributed by atoms with Crippen molar-refractivity contribution in [3.63, 3.8) is 0 Å². The molecule has 5 nitrogen and oxygen atoms in total. The van der Waals surface area contributed by atoms with Crippen LogP contribution in [-0.4, -0.2) is 46.6 Å². The quantitative estimate of drug-likeness (QED) is 0.0369. The normalized spacial score (nSPS) is 12.9. The maximum atomic E-state index is 12.4. The summed E-state index contributed by atoms with van der Waals surface area (Å²) in [6, 6.07) is -0.619. The summed E-state index contributed by atoms with van der Waals surface area (Å²) in [7, 11) is 0. The van der Waals surface area contributed by atoms with Crippen molar-refractivity contribution in [2.45, 2.75) is 276 Å². The number of rotatable bonds is 45. The van der Waals surface area contributed by atoms with Gasteiger partial charge in [-0.15, -0.1) is 0 Å². The predicted octanol–water partition coefficient (Wildman–Crippen LogP) is 14.0. The smallest absolute Gasteiger partial charge is 0.220 e. The average molecular weight is 750 g/mol. The number of unbranched alkanes of at least 4 members (excludes halogenated alkanes) is 37. The van der Waals surface area contributed by atoms with E-state index in [2.05, 4.69) is 12.2 Å². The first-order chi connectivity index (χ1) is 26.2. The molecule has 5 heteroatoms. The molecule has 0 rings (SSSR count). The Morgan fingerprint density at radius 3 is 1.08 bits per heavy atom. The summed E-state index contributed by atoms with van der Waals surface area (Å²) in [6.45, 7) is 2.38. The molecule has 2 unspecified atom stereocenters. The van der Waals surface area contributed by atoms with Crippen LogP contribution in [-0.2, 0) is 4.79 Å². The van der Waals surface area contributed by atoms with Gasteiger partial charge >= 0.3 is 0 Å². The molecule has 53 heavy (non-hydrogen) atoms. The van der Waals surface area contributed by atoms with Crippen LogP contribution in [0.15, 0.2) is 12.2 Å². The number of aliphatic hydroxyl groups is 3. The van der Waals surface area contributed by atoms with E-state index in [0.717, 1.165) is 32.1 Å². The van der Waals surface area contributed by atoms with Gasteiger partial charge < -0.3 is 20.6 Å². The molecule has 0 saturated heterocycles. The molecular formula is C48H95NO4. The summed E-state index contributed by atoms with van der Waals surface area (Å²) in [5.41, 5.74) is 0. The van der Waals surface area contributed by atoms with Crippen molar-refractivity contribution < 1.29 is 20.1 Å². The summed E-state index contributed by atoms with van der Waals surface area (Å²) in [4.78, 5) is 12.4. The summed E-state index contributed by atoms with van der Waals surface area (Å²) in [6.07, 6.45) is 55.0. The van der Waals surface area contributed by atoms with Crippen LogP contribution in [0.4, 0.5) is 0 Å². The highest BCUT2D eigenvalue weighted by Gasteiger charge is 2.18. The highest BCUT2D eigenvalue weighted by molar-refractivity contribution is 5.76. The minimum atomic E-state index is -0.836. The SMILES string of the molecule is CCCCCCCCCCCCC=CC(O)C(CO)NC(=O)CCCCCCCCCCCCCCCCCCCCCCCCCCCCCCO. The van der Waals surface area contributed by atoms with Crippen LogP contribution in [0, 0.1) is 0 Å². The second-order valence-corrected chi connectivity index (χ2v) is 16.6. The van der Waals surface area contributed by atoms with Crippen LogP contribution >= 0.6 is 0 Å². The highest BCUT2D eigenvalue weighted by Crippen LogP contribution is 2.17. The van der Waals surface area contributed by atoms with Crippen molar-refractivity contribution in [2.75, 3.05) is 13.2 Å². The Morgan fingerprint density at radius 1 is 0.453 bits per heavy atom. The summed E-state index contributed by atoms with van der Waals surface area (Å²) in [5, 5.41) is 31.8. The van der Waals surface area contributed by atoms with Gasteiger partial charge in [0.15, 0.2) is 0 Å². The zero-order valence-corrected chi connectivity index (χ0v) is 35.8. The van der Waals surface area contributed by atoms with Crippen molar-refractivity contribution in [3.8, 4) is 0 Å². The number of hydrogen-bond donors (Lipinski definition) is 4. The third-order valence-electron chi connectivity index (χ3n) is 11.3. The van der Waals surface area contributed by atoms with E-state index in [1.807, 2.05) is 6.08 Å². The van der Waals surface area contributed by atoms with Crippen molar-refractivity contribution in [1.29, 1.82) is 0 Å². The molecule has 2 atom stereocenters. The fraction of sp³-hybridized carbons (Fsp3) is 0.938. The fourth-order valence-electron chi connectivity index (χ4n) is 7.63. The van der Waals surface area contributed by atoms with Crippen molar-refractivity contribution in [3.05, 3.63) is 12.2 Å². The van der Waals surface area contributed by atoms with E-state index in [0.29, 0.717) is 13.0 Å². The van der Waals surface area contributed by atoms with E-state index in [4.69, 9.17) is 5.11 Å². The fourth-order valence-corrected chi connectivity index (χ4v) is 7.63. The van der Waals surface area contributed by atoms with Gasteiger partial charge in [0.2, 0.25) is 5.91 Å². The monoisotopic (exact) mass is 750 g/mol. The van der Waals surface area contributed by atoms with E-state index < -0.39 is 12.1 Å². The number of nitrogens with one attached hydrogen (secondary N) is 1. The topological polar surface area (TPSA) is 89.8 Å². The number of carbonyl (C=O) groups is 1. The lowest BCUT2D eigenvalue weighted by Crippen LogP contribution is -2.45. The Bertz CT molecular complexity index is 728.